The Balaban J connectivity index is 2.15. The fourth-order valence-corrected chi connectivity index (χ4v) is 3.46. The van der Waals surface area contributed by atoms with E-state index in [1.165, 1.54) is 11.3 Å². The number of nitrogens with one attached hydrogen (secondary N) is 1. The summed E-state index contributed by atoms with van der Waals surface area (Å²) in [5.41, 5.74) is -0.187. The lowest BCUT2D eigenvalue weighted by Crippen LogP contribution is -2.02. The van der Waals surface area contributed by atoms with Gasteiger partial charge in [0.15, 0.2) is 11.6 Å². The molecule has 0 unspecified atom stereocenters. The third-order valence-electron chi connectivity index (χ3n) is 2.14. The van der Waals surface area contributed by atoms with Crippen LogP contribution in [0.2, 0.25) is 0 Å². The standard InChI is InChI=1S/C11H6Br2F3NS/c12-7-3-6(18-11(7)13)4-17-9-2-5(14)1-8(15)10(9)16/h1-3,17H,4H2. The lowest BCUT2D eigenvalue weighted by atomic mass is 10.2. The van der Waals surface area contributed by atoms with Crippen molar-refractivity contribution in [3.63, 3.8) is 0 Å². The van der Waals surface area contributed by atoms with Crippen LogP contribution in [0.3, 0.4) is 0 Å². The van der Waals surface area contributed by atoms with E-state index in [9.17, 15) is 13.2 Å². The molecule has 1 nitrogen and oxygen atoms in total. The smallest absolute Gasteiger partial charge is 0.182 e. The van der Waals surface area contributed by atoms with Crippen LogP contribution in [0.5, 0.6) is 0 Å². The van der Waals surface area contributed by atoms with Crippen LogP contribution in [0.25, 0.3) is 0 Å². The summed E-state index contributed by atoms with van der Waals surface area (Å²) in [5.74, 6) is -3.10. The van der Waals surface area contributed by atoms with E-state index in [4.69, 9.17) is 0 Å². The molecule has 0 spiro atoms. The molecule has 2 aromatic rings. The quantitative estimate of drug-likeness (QED) is 0.689. The first kappa shape index (κ1) is 13.9. The third kappa shape index (κ3) is 3.07. The summed E-state index contributed by atoms with van der Waals surface area (Å²) in [5, 5.41) is 2.67. The van der Waals surface area contributed by atoms with Crippen LogP contribution >= 0.6 is 43.2 Å². The SMILES string of the molecule is Fc1cc(F)c(F)c(NCc2cc(Br)c(Br)s2)c1. The minimum Gasteiger partial charge on any atom is -0.378 e. The Bertz CT molecular complexity index is 566. The fraction of sp³-hybridized carbons (Fsp3) is 0.0909. The number of benzene rings is 1. The number of halogens is 5. The molecule has 0 fully saturated rings. The average Bonchev–Trinajstić information content (AvgIpc) is 2.61. The summed E-state index contributed by atoms with van der Waals surface area (Å²) in [6, 6.07) is 3.28. The molecule has 0 aliphatic rings. The molecule has 96 valence electrons. The van der Waals surface area contributed by atoms with E-state index in [1.807, 2.05) is 6.07 Å². The van der Waals surface area contributed by atoms with Crippen molar-refractivity contribution in [3.8, 4) is 0 Å². The van der Waals surface area contributed by atoms with Crippen molar-refractivity contribution < 1.29 is 13.2 Å². The normalized spacial score (nSPS) is 10.7. The topological polar surface area (TPSA) is 12.0 Å². The Morgan fingerprint density at radius 1 is 1.11 bits per heavy atom. The Morgan fingerprint density at radius 2 is 1.83 bits per heavy atom. The number of rotatable bonds is 3. The number of thiophene rings is 1. The second-order valence-corrected chi connectivity index (χ2v) is 6.75. The summed E-state index contributed by atoms with van der Waals surface area (Å²) in [7, 11) is 0. The molecule has 18 heavy (non-hydrogen) atoms. The number of hydrogen-bond donors (Lipinski definition) is 1. The molecule has 0 saturated heterocycles. The van der Waals surface area contributed by atoms with Crippen LogP contribution in [-0.2, 0) is 6.54 Å². The van der Waals surface area contributed by atoms with Crippen molar-refractivity contribution in [1.29, 1.82) is 0 Å². The van der Waals surface area contributed by atoms with Gasteiger partial charge in [0.1, 0.15) is 5.82 Å². The van der Waals surface area contributed by atoms with Crippen LogP contribution in [0, 0.1) is 17.5 Å². The molecule has 0 radical (unpaired) electrons. The van der Waals surface area contributed by atoms with Gasteiger partial charge in [-0.1, -0.05) is 0 Å². The zero-order valence-electron chi connectivity index (χ0n) is 8.74. The lowest BCUT2D eigenvalue weighted by molar-refractivity contribution is 0.497. The monoisotopic (exact) mass is 399 g/mol. The van der Waals surface area contributed by atoms with Crippen molar-refractivity contribution in [2.45, 2.75) is 6.54 Å². The van der Waals surface area contributed by atoms with Crippen molar-refractivity contribution >= 4 is 48.9 Å². The molecular weight excluding hydrogens is 395 g/mol. The van der Waals surface area contributed by atoms with Gasteiger partial charge in [-0.3, -0.25) is 0 Å². The van der Waals surface area contributed by atoms with E-state index in [1.54, 1.807) is 0 Å². The predicted octanol–water partition coefficient (Wildman–Crippen LogP) is 5.30. The van der Waals surface area contributed by atoms with E-state index >= 15 is 0 Å². The molecule has 0 amide bonds. The summed E-state index contributed by atoms with van der Waals surface area (Å²) in [4.78, 5) is 0.901. The highest BCUT2D eigenvalue weighted by molar-refractivity contribution is 9.13. The minimum absolute atomic E-state index is 0.187. The molecule has 0 aliphatic carbocycles. The molecule has 1 aromatic carbocycles. The largest absolute Gasteiger partial charge is 0.378 e. The third-order valence-corrected chi connectivity index (χ3v) is 5.40. The van der Waals surface area contributed by atoms with E-state index in [-0.39, 0.29) is 12.2 Å². The maximum Gasteiger partial charge on any atom is 0.182 e. The van der Waals surface area contributed by atoms with Crippen LogP contribution in [0.4, 0.5) is 18.9 Å². The molecule has 0 saturated carbocycles. The van der Waals surface area contributed by atoms with E-state index in [2.05, 4.69) is 37.2 Å². The zero-order valence-corrected chi connectivity index (χ0v) is 12.7. The summed E-state index contributed by atoms with van der Waals surface area (Å²) in [6.45, 7) is 0.286. The minimum atomic E-state index is -1.20. The van der Waals surface area contributed by atoms with Gasteiger partial charge in [-0.25, -0.2) is 13.2 Å². The van der Waals surface area contributed by atoms with Gasteiger partial charge in [0.2, 0.25) is 0 Å². The second kappa shape index (κ2) is 5.63. The second-order valence-electron chi connectivity index (χ2n) is 3.44. The Hall–Kier alpha value is -0.530. The molecule has 0 bridgehead atoms. The van der Waals surface area contributed by atoms with Gasteiger partial charge in [0.05, 0.1) is 9.47 Å². The average molecular weight is 401 g/mol. The van der Waals surface area contributed by atoms with Crippen LogP contribution < -0.4 is 5.32 Å². The first-order chi connectivity index (χ1) is 8.47. The van der Waals surface area contributed by atoms with Crippen LogP contribution in [0.15, 0.2) is 26.5 Å². The van der Waals surface area contributed by atoms with Crippen molar-refractivity contribution in [1.82, 2.24) is 0 Å². The molecule has 1 N–H and O–H groups in total. The lowest BCUT2D eigenvalue weighted by Gasteiger charge is -2.06. The fourth-order valence-electron chi connectivity index (χ4n) is 1.35. The van der Waals surface area contributed by atoms with E-state index in [0.29, 0.717) is 6.07 Å². The molecule has 7 heteroatoms. The predicted molar refractivity (Wildman–Crippen MR) is 73.4 cm³/mol. The summed E-state index contributed by atoms with van der Waals surface area (Å²) < 4.78 is 41.1. The zero-order chi connectivity index (χ0) is 13.3. The highest BCUT2D eigenvalue weighted by atomic mass is 79.9. The van der Waals surface area contributed by atoms with Gasteiger partial charge in [-0.15, -0.1) is 11.3 Å². The first-order valence-corrected chi connectivity index (χ1v) is 7.19. The van der Waals surface area contributed by atoms with E-state index in [0.717, 1.165) is 19.2 Å². The van der Waals surface area contributed by atoms with Crippen molar-refractivity contribution in [2.24, 2.45) is 0 Å². The molecule has 0 aliphatic heterocycles. The van der Waals surface area contributed by atoms with Gasteiger partial charge in [-0.05, 0) is 37.9 Å². The number of anilines is 1. The van der Waals surface area contributed by atoms with Crippen LogP contribution in [-0.4, -0.2) is 0 Å². The molecule has 2 rings (SSSR count). The Kier molecular flexibility index (Phi) is 4.34. The molecule has 1 heterocycles. The van der Waals surface area contributed by atoms with Gasteiger partial charge in [0, 0.05) is 28.0 Å². The summed E-state index contributed by atoms with van der Waals surface area (Å²) in [6.07, 6.45) is 0. The van der Waals surface area contributed by atoms with Crippen LogP contribution in [0.1, 0.15) is 4.88 Å². The van der Waals surface area contributed by atoms with Gasteiger partial charge >= 0.3 is 0 Å². The molecule has 0 atom stereocenters. The molecular formula is C11H6Br2F3NS. The molecule has 1 aromatic heterocycles. The Labute approximate surface area is 122 Å². The van der Waals surface area contributed by atoms with Gasteiger partial charge < -0.3 is 5.32 Å². The first-order valence-electron chi connectivity index (χ1n) is 4.79. The maximum absolute atomic E-state index is 13.3. The maximum atomic E-state index is 13.3. The van der Waals surface area contributed by atoms with Gasteiger partial charge in [-0.2, -0.15) is 0 Å². The van der Waals surface area contributed by atoms with E-state index < -0.39 is 17.5 Å². The highest BCUT2D eigenvalue weighted by Gasteiger charge is 2.11. The summed E-state index contributed by atoms with van der Waals surface area (Å²) >= 11 is 8.10. The van der Waals surface area contributed by atoms with Gasteiger partial charge in [0.25, 0.3) is 0 Å². The van der Waals surface area contributed by atoms with Crippen molar-refractivity contribution in [3.05, 3.63) is 48.8 Å². The highest BCUT2D eigenvalue weighted by Crippen LogP contribution is 2.33. The Morgan fingerprint density at radius 3 is 2.44 bits per heavy atom. The number of hydrogen-bond acceptors (Lipinski definition) is 2. The van der Waals surface area contributed by atoms with Crippen molar-refractivity contribution in [2.75, 3.05) is 5.32 Å².